The van der Waals surface area contributed by atoms with Crippen LogP contribution in [0.2, 0.25) is 4.34 Å². The molecule has 0 radical (unpaired) electrons. The molecule has 1 amide bonds. The summed E-state index contributed by atoms with van der Waals surface area (Å²) in [4.78, 5) is 12.3. The Balaban J connectivity index is 1.57. The van der Waals surface area contributed by atoms with Gasteiger partial charge in [-0.25, -0.2) is 8.42 Å². The van der Waals surface area contributed by atoms with Crippen LogP contribution in [0.15, 0.2) is 40.6 Å². The van der Waals surface area contributed by atoms with E-state index in [0.29, 0.717) is 4.34 Å². The summed E-state index contributed by atoms with van der Waals surface area (Å²) in [5.41, 5.74) is 0.873. The minimum absolute atomic E-state index is 0.114. The van der Waals surface area contributed by atoms with Gasteiger partial charge in [0.05, 0.1) is 17.0 Å². The number of rotatable bonds is 8. The van der Waals surface area contributed by atoms with Gasteiger partial charge in [-0.05, 0) is 43.9 Å². The number of ether oxygens (including phenoxy) is 1. The first kappa shape index (κ1) is 21.1. The molecule has 1 aromatic heterocycles. The number of sulfonamides is 1. The maximum atomic E-state index is 12.5. The van der Waals surface area contributed by atoms with Crippen LogP contribution in [0.5, 0.6) is 5.75 Å². The minimum Gasteiger partial charge on any atom is -0.490 e. The van der Waals surface area contributed by atoms with E-state index in [9.17, 15) is 13.2 Å². The zero-order valence-corrected chi connectivity index (χ0v) is 17.9. The fraction of sp³-hybridized carbons (Fsp3) is 0.421. The predicted octanol–water partition coefficient (Wildman–Crippen LogP) is 3.66. The molecule has 9 heteroatoms. The lowest BCUT2D eigenvalue weighted by Gasteiger charge is -2.18. The van der Waals surface area contributed by atoms with Crippen molar-refractivity contribution in [3.8, 4) is 5.75 Å². The van der Waals surface area contributed by atoms with Gasteiger partial charge in [0.1, 0.15) is 9.96 Å². The molecule has 0 saturated heterocycles. The molecule has 28 heavy (non-hydrogen) atoms. The summed E-state index contributed by atoms with van der Waals surface area (Å²) >= 11 is 6.78. The zero-order chi connectivity index (χ0) is 20.1. The van der Waals surface area contributed by atoms with Crippen LogP contribution in [0.25, 0.3) is 0 Å². The number of nitrogens with zero attached hydrogens (tertiary/aromatic N) is 1. The van der Waals surface area contributed by atoms with Gasteiger partial charge in [-0.2, -0.15) is 4.31 Å². The van der Waals surface area contributed by atoms with Gasteiger partial charge < -0.3 is 10.1 Å². The van der Waals surface area contributed by atoms with Crippen molar-refractivity contribution in [3.05, 3.63) is 46.3 Å². The van der Waals surface area contributed by atoms with Crippen molar-refractivity contribution in [1.29, 1.82) is 0 Å². The molecule has 1 aliphatic rings. The van der Waals surface area contributed by atoms with E-state index in [1.165, 1.54) is 32.0 Å². The number of benzene rings is 1. The first-order chi connectivity index (χ1) is 13.4. The number of halogens is 1. The highest BCUT2D eigenvalue weighted by molar-refractivity contribution is 7.91. The highest BCUT2D eigenvalue weighted by atomic mass is 35.5. The van der Waals surface area contributed by atoms with Crippen LogP contribution < -0.4 is 10.1 Å². The average Bonchev–Trinajstić information content (AvgIpc) is 3.33. The summed E-state index contributed by atoms with van der Waals surface area (Å²) in [6.07, 6.45) is 4.69. The molecule has 0 bridgehead atoms. The number of hydrogen-bond donors (Lipinski definition) is 1. The van der Waals surface area contributed by atoms with Gasteiger partial charge in [0.15, 0.2) is 0 Å². The number of thiophene rings is 1. The number of nitrogens with one attached hydrogen (secondary N) is 1. The lowest BCUT2D eigenvalue weighted by Crippen LogP contribution is -2.37. The smallest absolute Gasteiger partial charge is 0.252 e. The van der Waals surface area contributed by atoms with E-state index in [1.54, 1.807) is 0 Å². The van der Waals surface area contributed by atoms with Gasteiger partial charge in [0.2, 0.25) is 5.91 Å². The molecular weight excluding hydrogens is 420 g/mol. The van der Waals surface area contributed by atoms with Gasteiger partial charge >= 0.3 is 0 Å². The van der Waals surface area contributed by atoms with Crippen LogP contribution in [0, 0.1) is 0 Å². The lowest BCUT2D eigenvalue weighted by molar-refractivity contribution is -0.121. The van der Waals surface area contributed by atoms with Crippen LogP contribution in [0.1, 0.15) is 31.2 Å². The van der Waals surface area contributed by atoms with Crippen molar-refractivity contribution >= 4 is 38.9 Å². The molecule has 3 rings (SSSR count). The minimum atomic E-state index is -3.74. The van der Waals surface area contributed by atoms with Crippen molar-refractivity contribution in [1.82, 2.24) is 9.62 Å². The second kappa shape index (κ2) is 9.26. The Morgan fingerprint density at radius 3 is 2.64 bits per heavy atom. The van der Waals surface area contributed by atoms with E-state index >= 15 is 0 Å². The van der Waals surface area contributed by atoms with E-state index in [1.807, 2.05) is 24.3 Å². The van der Waals surface area contributed by atoms with Gasteiger partial charge in [-0.1, -0.05) is 29.8 Å². The number of carbonyl (C=O) groups is 1. The number of amides is 1. The van der Waals surface area contributed by atoms with E-state index in [0.717, 1.165) is 39.8 Å². The molecule has 1 aliphatic carbocycles. The van der Waals surface area contributed by atoms with Crippen LogP contribution in [0.3, 0.4) is 0 Å². The van der Waals surface area contributed by atoms with Crippen molar-refractivity contribution in [3.63, 3.8) is 0 Å². The molecule has 1 aromatic carbocycles. The molecule has 152 valence electrons. The van der Waals surface area contributed by atoms with E-state index in [-0.39, 0.29) is 29.3 Å². The average molecular weight is 443 g/mol. The van der Waals surface area contributed by atoms with Crippen molar-refractivity contribution in [2.24, 2.45) is 0 Å². The van der Waals surface area contributed by atoms with E-state index in [4.69, 9.17) is 16.3 Å². The molecule has 2 aromatic rings. The Kier molecular flexibility index (Phi) is 6.98. The summed E-state index contributed by atoms with van der Waals surface area (Å²) in [6, 6.07) is 10.6. The molecule has 1 heterocycles. The fourth-order valence-corrected chi connectivity index (χ4v) is 5.90. The second-order valence-corrected chi connectivity index (χ2v) is 10.7. The summed E-state index contributed by atoms with van der Waals surface area (Å²) in [5, 5.41) is 2.78. The van der Waals surface area contributed by atoms with Gasteiger partial charge in [0, 0.05) is 19.2 Å². The van der Waals surface area contributed by atoms with E-state index < -0.39 is 10.0 Å². The molecule has 0 aliphatic heterocycles. The number of likely N-dealkylation sites (N-methyl/N-ethyl adjacent to an activating group) is 1. The van der Waals surface area contributed by atoms with Gasteiger partial charge in [-0.3, -0.25) is 4.79 Å². The van der Waals surface area contributed by atoms with Crippen LogP contribution in [-0.4, -0.2) is 38.3 Å². The lowest BCUT2D eigenvalue weighted by atomic mass is 10.2. The van der Waals surface area contributed by atoms with Crippen LogP contribution in [0.4, 0.5) is 0 Å². The number of para-hydroxylation sites is 1. The molecule has 1 saturated carbocycles. The van der Waals surface area contributed by atoms with Crippen molar-refractivity contribution < 1.29 is 17.9 Å². The maximum Gasteiger partial charge on any atom is 0.252 e. The maximum absolute atomic E-state index is 12.5. The second-order valence-electron chi connectivity index (χ2n) is 6.73. The molecule has 0 spiro atoms. The first-order valence-electron chi connectivity index (χ1n) is 9.09. The SMILES string of the molecule is CN(CC(=O)NCc1ccccc1OC1CCCC1)S(=O)(=O)c1ccc(Cl)s1. The topological polar surface area (TPSA) is 75.7 Å². The monoisotopic (exact) mass is 442 g/mol. The van der Waals surface area contributed by atoms with Crippen molar-refractivity contribution in [2.45, 2.75) is 42.5 Å². The van der Waals surface area contributed by atoms with E-state index in [2.05, 4.69) is 5.32 Å². The Morgan fingerprint density at radius 1 is 1.25 bits per heavy atom. The van der Waals surface area contributed by atoms with Gasteiger partial charge in [0.25, 0.3) is 10.0 Å². The number of carbonyl (C=O) groups excluding carboxylic acids is 1. The fourth-order valence-electron chi connectivity index (χ4n) is 3.08. The Labute approximate surface area is 174 Å². The summed E-state index contributed by atoms with van der Waals surface area (Å²) in [5.74, 6) is 0.383. The standard InChI is InChI=1S/C19H23ClN2O4S2/c1-22(28(24,25)19-11-10-17(20)27-19)13-18(23)21-12-14-6-2-5-9-16(14)26-15-7-3-4-8-15/h2,5-6,9-11,15H,3-4,7-8,12-13H2,1H3,(H,21,23). The van der Waals surface area contributed by atoms with Gasteiger partial charge in [-0.15, -0.1) is 11.3 Å². The highest BCUT2D eigenvalue weighted by Gasteiger charge is 2.25. The first-order valence-corrected chi connectivity index (χ1v) is 11.7. The zero-order valence-electron chi connectivity index (χ0n) is 15.6. The highest BCUT2D eigenvalue weighted by Crippen LogP contribution is 2.28. The molecule has 1 N–H and O–H groups in total. The van der Waals surface area contributed by atoms with Crippen LogP contribution in [-0.2, 0) is 21.4 Å². The molecule has 6 nitrogen and oxygen atoms in total. The molecule has 1 fully saturated rings. The molecule has 0 atom stereocenters. The summed E-state index contributed by atoms with van der Waals surface area (Å²) < 4.78 is 32.5. The largest absolute Gasteiger partial charge is 0.490 e. The third-order valence-electron chi connectivity index (χ3n) is 4.62. The van der Waals surface area contributed by atoms with Crippen molar-refractivity contribution in [2.75, 3.05) is 13.6 Å². The van der Waals surface area contributed by atoms with Crippen LogP contribution >= 0.6 is 22.9 Å². The molecule has 0 unspecified atom stereocenters. The summed E-state index contributed by atoms with van der Waals surface area (Å²) in [6.45, 7) is 0.00391. The third-order valence-corrected chi connectivity index (χ3v) is 8.13. The predicted molar refractivity (Wildman–Crippen MR) is 110 cm³/mol. The normalized spacial score (nSPS) is 15.1. The molecular formula is C19H23ClN2O4S2. The quantitative estimate of drug-likeness (QED) is 0.676. The Hall–Kier alpha value is -1.61. The Bertz CT molecular complexity index is 924. The number of hydrogen-bond acceptors (Lipinski definition) is 5. The summed E-state index contributed by atoms with van der Waals surface area (Å²) in [7, 11) is -2.36. The third kappa shape index (κ3) is 5.26. The Morgan fingerprint density at radius 2 is 1.96 bits per heavy atom.